The summed E-state index contributed by atoms with van der Waals surface area (Å²) in [5.74, 6) is 2.42. The van der Waals surface area contributed by atoms with Gasteiger partial charge in [0.05, 0.1) is 58.1 Å². The van der Waals surface area contributed by atoms with Gasteiger partial charge in [-0.05, 0) is 138 Å². The van der Waals surface area contributed by atoms with Crippen LogP contribution in [0.4, 0.5) is 0 Å². The Morgan fingerprint density at radius 2 is 1.24 bits per heavy atom. The van der Waals surface area contributed by atoms with Crippen LogP contribution in [0.2, 0.25) is 0 Å². The Bertz CT molecular complexity index is 2310. The highest BCUT2D eigenvalue weighted by atomic mass is 32.2. The van der Waals surface area contributed by atoms with Crippen molar-refractivity contribution in [2.45, 2.75) is 151 Å². The molecule has 2 aromatic rings. The number of piperidine rings is 2. The number of benzene rings is 2. The first-order chi connectivity index (χ1) is 29.8. The average Bonchev–Trinajstić information content (AvgIpc) is 3.25. The van der Waals surface area contributed by atoms with Gasteiger partial charge in [0.2, 0.25) is 0 Å². The van der Waals surface area contributed by atoms with Gasteiger partial charge in [-0.25, -0.2) is 16.8 Å². The van der Waals surface area contributed by atoms with E-state index in [2.05, 4.69) is 55.0 Å². The lowest BCUT2D eigenvalue weighted by Crippen LogP contribution is -2.41. The minimum absolute atomic E-state index is 0.0251. The minimum atomic E-state index is -3.88. The number of fused-ring (bicyclic) bond motifs is 10. The Morgan fingerprint density at radius 3 is 1.89 bits per heavy atom. The van der Waals surface area contributed by atoms with Crippen molar-refractivity contribution in [3.8, 4) is 11.5 Å². The molecule has 3 aliphatic carbocycles. The van der Waals surface area contributed by atoms with Crippen LogP contribution in [0.5, 0.6) is 11.5 Å². The molecule has 0 aromatic heterocycles. The maximum atomic E-state index is 13.9. The molecule has 3 saturated carbocycles. The van der Waals surface area contributed by atoms with Crippen LogP contribution in [0.15, 0.2) is 75.2 Å². The van der Waals surface area contributed by atoms with E-state index in [4.69, 9.17) is 18.9 Å². The smallest absolute Gasteiger partial charge is 0.258 e. The Morgan fingerprint density at radius 1 is 0.629 bits per heavy atom. The third-order valence-corrected chi connectivity index (χ3v) is 18.1. The van der Waals surface area contributed by atoms with Crippen molar-refractivity contribution in [3.63, 3.8) is 0 Å². The lowest BCUT2D eigenvalue weighted by Gasteiger charge is -2.38. The fourth-order valence-corrected chi connectivity index (χ4v) is 12.5. The molecular formula is C48H64N4O8S2. The lowest BCUT2D eigenvalue weighted by atomic mass is 9.80. The molecule has 1 unspecified atom stereocenters. The van der Waals surface area contributed by atoms with E-state index < -0.39 is 24.8 Å². The predicted molar refractivity (Wildman–Crippen MR) is 242 cm³/mol. The van der Waals surface area contributed by atoms with E-state index >= 15 is 0 Å². The van der Waals surface area contributed by atoms with Gasteiger partial charge < -0.3 is 28.7 Å². The van der Waals surface area contributed by atoms with Gasteiger partial charge in [0, 0.05) is 25.4 Å². The van der Waals surface area contributed by atoms with Crippen LogP contribution in [-0.4, -0.2) is 99.7 Å². The largest absolute Gasteiger partial charge is 0.496 e. The van der Waals surface area contributed by atoms with Crippen molar-refractivity contribution < 1.29 is 35.8 Å². The van der Waals surface area contributed by atoms with E-state index in [0.29, 0.717) is 75.9 Å². The van der Waals surface area contributed by atoms with Crippen LogP contribution in [0, 0.1) is 0 Å². The van der Waals surface area contributed by atoms with Gasteiger partial charge in [-0.3, -0.25) is 0 Å². The fraction of sp³-hybridized carbons (Fsp3) is 0.625. The zero-order valence-corrected chi connectivity index (χ0v) is 38.3. The maximum absolute atomic E-state index is 13.9. The van der Waals surface area contributed by atoms with E-state index in [1.165, 1.54) is 11.1 Å². The second kappa shape index (κ2) is 17.9. The molecule has 0 amide bonds. The second-order valence-electron chi connectivity index (χ2n) is 19.4. The molecule has 14 heteroatoms. The van der Waals surface area contributed by atoms with Gasteiger partial charge in [0.15, 0.2) is 0 Å². The second-order valence-corrected chi connectivity index (χ2v) is 23.7. The number of hydrogen-bond acceptors (Lipinski definition) is 10. The lowest BCUT2D eigenvalue weighted by molar-refractivity contribution is 0.0947. The zero-order chi connectivity index (χ0) is 43.1. The summed E-state index contributed by atoms with van der Waals surface area (Å²) in [7, 11) is -7.44. The number of sulfonamides is 2. The highest BCUT2D eigenvalue weighted by molar-refractivity contribution is 7.91. The Hall–Kier alpha value is -4.04. The summed E-state index contributed by atoms with van der Waals surface area (Å²) in [5.41, 5.74) is 6.15. The summed E-state index contributed by atoms with van der Waals surface area (Å²) >= 11 is 0. The van der Waals surface area contributed by atoms with Crippen LogP contribution >= 0.6 is 0 Å². The quantitative estimate of drug-likeness (QED) is 0.293. The molecule has 0 N–H and O–H groups in total. The van der Waals surface area contributed by atoms with Crippen LogP contribution < -0.4 is 9.47 Å². The normalized spacial score (nSPS) is 30.7. The molecule has 0 spiro atoms. The third kappa shape index (κ3) is 9.28. The van der Waals surface area contributed by atoms with Crippen molar-refractivity contribution in [1.82, 2.24) is 9.80 Å². The number of nitrogens with zero attached hydrogens (tertiary/aromatic N) is 4. The number of allylic oxidation sites excluding steroid dienone is 2. The molecule has 6 heterocycles. The van der Waals surface area contributed by atoms with Gasteiger partial charge in [-0.1, -0.05) is 36.8 Å². The molecule has 9 aliphatic rings. The van der Waals surface area contributed by atoms with Crippen molar-refractivity contribution in [3.05, 3.63) is 83.1 Å². The zero-order valence-electron chi connectivity index (χ0n) is 36.7. The Labute approximate surface area is 368 Å². The SMILES string of the molecule is CC(C)(C)S(=O)(=O)/N=C1CC(c2ccc3c(c2)C2CCC(CC2)O/C=C2/C(=N/S(=O)(=O)C4CCC4)CCCN2CCO3)CN2CCOc3ccccc3C3CCC(CC3)O\C=C\12. The molecule has 62 heavy (non-hydrogen) atoms. The average molecular weight is 889 g/mol. The summed E-state index contributed by atoms with van der Waals surface area (Å²) in [5, 5.41) is -0.373. The van der Waals surface area contributed by atoms with Crippen molar-refractivity contribution in [1.29, 1.82) is 0 Å². The molecule has 336 valence electrons. The molecule has 0 radical (unpaired) electrons. The minimum Gasteiger partial charge on any atom is -0.496 e. The summed E-state index contributed by atoms with van der Waals surface area (Å²) < 4.78 is 88.3. The first-order valence-corrected chi connectivity index (χ1v) is 26.1. The number of hydrogen-bond donors (Lipinski definition) is 0. The Balaban J connectivity index is 1.01. The molecule has 4 bridgehead atoms. The topological polar surface area (TPSA) is 136 Å². The summed E-state index contributed by atoms with van der Waals surface area (Å²) in [6.07, 6.45) is 15.2. The molecule has 12 nitrogen and oxygen atoms in total. The van der Waals surface area contributed by atoms with E-state index in [9.17, 15) is 16.8 Å². The van der Waals surface area contributed by atoms with Gasteiger partial charge >= 0.3 is 0 Å². The monoisotopic (exact) mass is 888 g/mol. The molecule has 2 aromatic carbocycles. The first kappa shape index (κ1) is 43.2. The fourth-order valence-electron chi connectivity index (χ4n) is 10.2. The number of rotatable bonds is 4. The van der Waals surface area contributed by atoms with E-state index in [1.807, 2.05) is 6.07 Å². The standard InChI is InChI=1S/C48H64N4O8S2/c1-48(2,3)62(55,56)50-43-29-36(30-52-25-27-57-46-12-5-4-10-40(46)33-13-18-37(19-14-33)60-32-45(43)52)35-17-22-47-41(28-35)34-15-20-38(21-16-34)59-31-44-42(11-7-23-51(44)24-26-58-47)49-61(53,54)39-8-6-9-39/h4-5,10,12,17,22,28,31-34,36-39H,6-9,11,13-16,18-21,23-27,29-30H2,1-3H3/b44-31-,45-32-,49-42+,50-43+. The summed E-state index contributed by atoms with van der Waals surface area (Å²) in [6, 6.07) is 14.9. The summed E-state index contributed by atoms with van der Waals surface area (Å²) in [4.78, 5) is 4.39. The van der Waals surface area contributed by atoms with Crippen LogP contribution in [0.25, 0.3) is 0 Å². The van der Waals surface area contributed by atoms with Crippen molar-refractivity contribution in [2.24, 2.45) is 8.80 Å². The molecule has 1 atom stereocenters. The van der Waals surface area contributed by atoms with Crippen LogP contribution in [-0.2, 0) is 29.5 Å². The van der Waals surface area contributed by atoms with Crippen molar-refractivity contribution >= 4 is 31.5 Å². The van der Waals surface area contributed by atoms with Gasteiger partial charge in [0.1, 0.15) is 37.2 Å². The summed E-state index contributed by atoms with van der Waals surface area (Å²) in [6.45, 7) is 8.46. The van der Waals surface area contributed by atoms with Gasteiger partial charge in [-0.15, -0.1) is 0 Å². The highest BCUT2D eigenvalue weighted by Gasteiger charge is 2.38. The molecule has 11 rings (SSSR count). The highest BCUT2D eigenvalue weighted by Crippen LogP contribution is 2.43. The van der Waals surface area contributed by atoms with Crippen LogP contribution in [0.1, 0.15) is 145 Å². The molecule has 5 fully saturated rings. The van der Waals surface area contributed by atoms with Crippen LogP contribution in [0.3, 0.4) is 0 Å². The van der Waals surface area contributed by atoms with Gasteiger partial charge in [0.25, 0.3) is 20.0 Å². The Kier molecular flexibility index (Phi) is 12.4. The molecule has 6 aliphatic heterocycles. The molecular weight excluding hydrogens is 825 g/mol. The van der Waals surface area contributed by atoms with Gasteiger partial charge in [-0.2, -0.15) is 8.80 Å². The van der Waals surface area contributed by atoms with E-state index in [0.717, 1.165) is 99.2 Å². The first-order valence-electron chi connectivity index (χ1n) is 23.2. The van der Waals surface area contributed by atoms with E-state index in [1.54, 1.807) is 33.3 Å². The maximum Gasteiger partial charge on any atom is 0.258 e. The van der Waals surface area contributed by atoms with Crippen molar-refractivity contribution in [2.75, 3.05) is 39.4 Å². The third-order valence-electron chi connectivity index (χ3n) is 14.3. The predicted octanol–water partition coefficient (Wildman–Crippen LogP) is 8.72. The number of para-hydroxylation sites is 1. The van der Waals surface area contributed by atoms with E-state index in [-0.39, 0.29) is 29.3 Å². The number of ether oxygens (including phenoxy) is 4. The molecule has 2 saturated heterocycles.